The molecule has 2 heterocycles. The van der Waals surface area contributed by atoms with Gasteiger partial charge in [-0.25, -0.2) is 9.97 Å². The predicted octanol–water partition coefficient (Wildman–Crippen LogP) is 2.28. The van der Waals surface area contributed by atoms with Gasteiger partial charge in [0.05, 0.1) is 12.6 Å². The molecule has 94 valence electrons. The van der Waals surface area contributed by atoms with Crippen molar-refractivity contribution in [2.24, 2.45) is 0 Å². The number of benzene rings is 1. The Balaban J connectivity index is 2.23. The Hall–Kier alpha value is -2.69. The van der Waals surface area contributed by atoms with Crippen molar-refractivity contribution in [2.45, 2.75) is 0 Å². The molecule has 3 rings (SSSR count). The number of methoxy groups -OCH3 is 1. The van der Waals surface area contributed by atoms with Crippen molar-refractivity contribution >= 4 is 16.7 Å². The van der Waals surface area contributed by atoms with E-state index < -0.39 is 0 Å². The molecule has 0 saturated heterocycles. The van der Waals surface area contributed by atoms with Gasteiger partial charge in [-0.05, 0) is 24.3 Å². The van der Waals surface area contributed by atoms with Crippen molar-refractivity contribution in [2.75, 3.05) is 12.8 Å². The van der Waals surface area contributed by atoms with Gasteiger partial charge in [0.25, 0.3) is 0 Å². The average molecular weight is 252 g/mol. The highest BCUT2D eigenvalue weighted by molar-refractivity contribution is 5.90. The van der Waals surface area contributed by atoms with Crippen molar-refractivity contribution in [3.63, 3.8) is 0 Å². The fraction of sp³-hybridized carbons (Fsp3) is 0.0714. The monoisotopic (exact) mass is 252 g/mol. The van der Waals surface area contributed by atoms with E-state index in [-0.39, 0.29) is 0 Å². The van der Waals surface area contributed by atoms with Gasteiger partial charge in [-0.2, -0.15) is 0 Å². The number of hydrogen-bond donors (Lipinski definition) is 1. The SMILES string of the molecule is COc1ccc2c(N)nc(-c3cccnc3)nc2c1. The van der Waals surface area contributed by atoms with Crippen LogP contribution >= 0.6 is 0 Å². The molecule has 5 heteroatoms. The Kier molecular flexibility index (Phi) is 2.72. The number of anilines is 1. The van der Waals surface area contributed by atoms with Crippen LogP contribution in [0.5, 0.6) is 5.75 Å². The van der Waals surface area contributed by atoms with E-state index in [1.165, 1.54) is 0 Å². The maximum atomic E-state index is 5.97. The van der Waals surface area contributed by atoms with Gasteiger partial charge in [0.2, 0.25) is 0 Å². The van der Waals surface area contributed by atoms with E-state index >= 15 is 0 Å². The van der Waals surface area contributed by atoms with Crippen LogP contribution in [-0.4, -0.2) is 22.1 Å². The molecular weight excluding hydrogens is 240 g/mol. The second-order valence-corrected chi connectivity index (χ2v) is 4.06. The Bertz CT molecular complexity index is 728. The average Bonchev–Trinajstić information content (AvgIpc) is 2.47. The number of nitrogens with two attached hydrogens (primary N) is 1. The number of nitrogen functional groups attached to an aromatic ring is 1. The van der Waals surface area contributed by atoms with Crippen molar-refractivity contribution in [3.05, 3.63) is 42.7 Å². The molecule has 2 aromatic heterocycles. The smallest absolute Gasteiger partial charge is 0.163 e. The molecule has 0 spiro atoms. The van der Waals surface area contributed by atoms with Crippen LogP contribution in [0.2, 0.25) is 0 Å². The van der Waals surface area contributed by atoms with E-state index in [4.69, 9.17) is 10.5 Å². The fourth-order valence-electron chi connectivity index (χ4n) is 1.89. The first-order valence-electron chi connectivity index (χ1n) is 5.79. The summed E-state index contributed by atoms with van der Waals surface area (Å²) in [5.41, 5.74) is 7.56. The van der Waals surface area contributed by atoms with Gasteiger partial charge in [0.1, 0.15) is 11.6 Å². The summed E-state index contributed by atoms with van der Waals surface area (Å²) >= 11 is 0. The molecule has 0 unspecified atom stereocenters. The van der Waals surface area contributed by atoms with Gasteiger partial charge in [-0.1, -0.05) is 0 Å². The lowest BCUT2D eigenvalue weighted by Crippen LogP contribution is -1.98. The van der Waals surface area contributed by atoms with Crippen LogP contribution in [0.1, 0.15) is 0 Å². The van der Waals surface area contributed by atoms with Crippen LogP contribution in [0.4, 0.5) is 5.82 Å². The van der Waals surface area contributed by atoms with Crippen LogP contribution in [0.15, 0.2) is 42.7 Å². The van der Waals surface area contributed by atoms with Crippen molar-refractivity contribution in [1.29, 1.82) is 0 Å². The van der Waals surface area contributed by atoms with Crippen LogP contribution in [0.3, 0.4) is 0 Å². The van der Waals surface area contributed by atoms with Gasteiger partial charge in [-0.3, -0.25) is 4.98 Å². The third kappa shape index (κ3) is 2.06. The van der Waals surface area contributed by atoms with Gasteiger partial charge in [0, 0.05) is 29.4 Å². The molecule has 0 radical (unpaired) electrons. The topological polar surface area (TPSA) is 73.9 Å². The molecule has 0 bridgehead atoms. The number of hydrogen-bond acceptors (Lipinski definition) is 5. The van der Waals surface area contributed by atoms with Crippen LogP contribution in [-0.2, 0) is 0 Å². The van der Waals surface area contributed by atoms with Crippen LogP contribution in [0, 0.1) is 0 Å². The van der Waals surface area contributed by atoms with Crippen LogP contribution in [0.25, 0.3) is 22.3 Å². The van der Waals surface area contributed by atoms with E-state index in [9.17, 15) is 0 Å². The maximum Gasteiger partial charge on any atom is 0.163 e. The number of aromatic nitrogens is 3. The zero-order valence-corrected chi connectivity index (χ0v) is 10.4. The Morgan fingerprint density at radius 2 is 2.05 bits per heavy atom. The van der Waals surface area contributed by atoms with Crippen LogP contribution < -0.4 is 10.5 Å². The van der Waals surface area contributed by atoms with E-state index in [0.717, 1.165) is 22.2 Å². The summed E-state index contributed by atoms with van der Waals surface area (Å²) in [7, 11) is 1.62. The summed E-state index contributed by atoms with van der Waals surface area (Å²) in [4.78, 5) is 12.9. The second kappa shape index (κ2) is 4.53. The minimum absolute atomic E-state index is 0.450. The third-order valence-corrected chi connectivity index (χ3v) is 2.85. The fourth-order valence-corrected chi connectivity index (χ4v) is 1.89. The normalized spacial score (nSPS) is 10.6. The molecule has 5 nitrogen and oxygen atoms in total. The summed E-state index contributed by atoms with van der Waals surface area (Å²) in [6.07, 6.45) is 3.41. The predicted molar refractivity (Wildman–Crippen MR) is 73.7 cm³/mol. The van der Waals surface area contributed by atoms with Crippen molar-refractivity contribution < 1.29 is 4.74 Å². The lowest BCUT2D eigenvalue weighted by Gasteiger charge is -2.06. The Labute approximate surface area is 110 Å². The number of ether oxygens (including phenoxy) is 1. The number of rotatable bonds is 2. The summed E-state index contributed by atoms with van der Waals surface area (Å²) in [5, 5.41) is 0.813. The summed E-state index contributed by atoms with van der Waals surface area (Å²) < 4.78 is 5.19. The number of nitrogens with zero attached hydrogens (tertiary/aromatic N) is 3. The first kappa shape index (κ1) is 11.4. The van der Waals surface area contributed by atoms with Crippen molar-refractivity contribution in [3.8, 4) is 17.1 Å². The van der Waals surface area contributed by atoms with Gasteiger partial charge < -0.3 is 10.5 Å². The summed E-state index contributed by atoms with van der Waals surface area (Å²) in [5.74, 6) is 1.75. The largest absolute Gasteiger partial charge is 0.497 e. The minimum atomic E-state index is 0.450. The second-order valence-electron chi connectivity index (χ2n) is 4.06. The lowest BCUT2D eigenvalue weighted by molar-refractivity contribution is 0.415. The maximum absolute atomic E-state index is 5.97. The number of pyridine rings is 1. The molecular formula is C14H12N4O. The molecule has 0 amide bonds. The molecule has 0 saturated carbocycles. The van der Waals surface area contributed by atoms with E-state index in [2.05, 4.69) is 15.0 Å². The highest BCUT2D eigenvalue weighted by Crippen LogP contribution is 2.25. The highest BCUT2D eigenvalue weighted by Gasteiger charge is 2.08. The summed E-state index contributed by atoms with van der Waals surface area (Å²) in [6, 6.07) is 9.27. The minimum Gasteiger partial charge on any atom is -0.497 e. The van der Waals surface area contributed by atoms with E-state index in [1.54, 1.807) is 19.5 Å². The molecule has 3 aromatic rings. The standard InChI is InChI=1S/C14H12N4O/c1-19-10-4-5-11-12(7-10)17-14(18-13(11)15)9-3-2-6-16-8-9/h2-8H,1H3,(H2,15,17,18). The summed E-state index contributed by atoms with van der Waals surface area (Å²) in [6.45, 7) is 0. The molecule has 0 aliphatic heterocycles. The lowest BCUT2D eigenvalue weighted by atomic mass is 10.2. The molecule has 0 aliphatic carbocycles. The molecule has 0 fully saturated rings. The zero-order valence-electron chi connectivity index (χ0n) is 10.4. The molecule has 2 N–H and O–H groups in total. The molecule has 1 aromatic carbocycles. The first-order valence-corrected chi connectivity index (χ1v) is 5.79. The quantitative estimate of drug-likeness (QED) is 0.757. The molecule has 0 aliphatic rings. The van der Waals surface area contributed by atoms with Gasteiger partial charge in [-0.15, -0.1) is 0 Å². The number of fused-ring (bicyclic) bond motifs is 1. The van der Waals surface area contributed by atoms with Crippen molar-refractivity contribution in [1.82, 2.24) is 15.0 Å². The van der Waals surface area contributed by atoms with E-state index in [0.29, 0.717) is 11.6 Å². The highest BCUT2D eigenvalue weighted by atomic mass is 16.5. The Morgan fingerprint density at radius 1 is 1.16 bits per heavy atom. The van der Waals surface area contributed by atoms with Gasteiger partial charge in [0.15, 0.2) is 5.82 Å². The zero-order chi connectivity index (χ0) is 13.2. The first-order chi connectivity index (χ1) is 9.28. The molecule has 0 atom stereocenters. The Morgan fingerprint density at radius 3 is 2.79 bits per heavy atom. The molecule has 19 heavy (non-hydrogen) atoms. The van der Waals surface area contributed by atoms with E-state index in [1.807, 2.05) is 30.3 Å². The van der Waals surface area contributed by atoms with Gasteiger partial charge >= 0.3 is 0 Å². The third-order valence-electron chi connectivity index (χ3n) is 2.85.